The number of non-ortho nitro benzene ring substituents is 1. The van der Waals surface area contributed by atoms with E-state index >= 15 is 0 Å². The summed E-state index contributed by atoms with van der Waals surface area (Å²) >= 11 is 10.6. The topological polar surface area (TPSA) is 109 Å². The molecule has 0 fully saturated rings. The quantitative estimate of drug-likeness (QED) is 0.104. The van der Waals surface area contributed by atoms with Crippen molar-refractivity contribution in [2.75, 3.05) is 6.61 Å². The molecule has 0 N–H and O–H groups in total. The average Bonchev–Trinajstić information content (AvgIpc) is 2.90. The lowest BCUT2D eigenvalue weighted by atomic mass is 9.95. The van der Waals surface area contributed by atoms with Crippen LogP contribution in [-0.4, -0.2) is 27.4 Å². The molecule has 0 aliphatic rings. The number of halogens is 3. The first-order valence-electron chi connectivity index (χ1n) is 12.2. The number of nitrogens with zero attached hydrogens (tertiary/aromatic N) is 4. The molecule has 0 unspecified atom stereocenters. The number of fused-ring (bicyclic) bond motifs is 1. The van der Waals surface area contributed by atoms with Gasteiger partial charge in [-0.15, -0.1) is 0 Å². The zero-order valence-electron chi connectivity index (χ0n) is 22.1. The average molecular weight is 737 g/mol. The summed E-state index contributed by atoms with van der Waals surface area (Å²) < 4.78 is 15.3. The smallest absolute Gasteiger partial charge is 0.282 e. The largest absolute Gasteiger partial charge is 0.490 e. The predicted molar refractivity (Wildman–Crippen MR) is 166 cm³/mol. The van der Waals surface area contributed by atoms with Crippen LogP contribution in [0.25, 0.3) is 10.9 Å². The third kappa shape index (κ3) is 6.45. The normalized spacial score (nSPS) is 11.8. The Kier molecular flexibility index (Phi) is 9.11. The third-order valence-corrected chi connectivity index (χ3v) is 8.41. The minimum Gasteiger partial charge on any atom is -0.490 e. The van der Waals surface area contributed by atoms with Gasteiger partial charge in [0.15, 0.2) is 11.5 Å². The SMILES string of the molecule is CCOc1cc(C=Nn2c(C(C)(C)C)nc3ccc(Br)cc3c2=O)c(Br)c(Br)c1OCc1ccc([N+](=O)[O-])cc1. The van der Waals surface area contributed by atoms with Crippen molar-refractivity contribution >= 4 is 70.6 Å². The zero-order valence-corrected chi connectivity index (χ0v) is 26.8. The fraction of sp³-hybridized carbons (Fsp3) is 0.250. The Hall–Kier alpha value is -3.09. The van der Waals surface area contributed by atoms with Crippen molar-refractivity contribution in [3.63, 3.8) is 0 Å². The van der Waals surface area contributed by atoms with E-state index in [4.69, 9.17) is 14.5 Å². The van der Waals surface area contributed by atoms with Gasteiger partial charge in [-0.3, -0.25) is 14.9 Å². The number of aromatic nitrogens is 2. The molecule has 0 atom stereocenters. The second kappa shape index (κ2) is 12.2. The summed E-state index contributed by atoms with van der Waals surface area (Å²) in [5.74, 6) is 1.44. The van der Waals surface area contributed by atoms with E-state index in [1.165, 1.54) is 16.8 Å². The molecule has 0 saturated carbocycles. The first-order chi connectivity index (χ1) is 18.9. The van der Waals surface area contributed by atoms with E-state index < -0.39 is 10.3 Å². The Morgan fingerprint density at radius 2 is 1.75 bits per heavy atom. The Morgan fingerprint density at radius 3 is 2.38 bits per heavy atom. The molecular weight excluding hydrogens is 712 g/mol. The van der Waals surface area contributed by atoms with Gasteiger partial charge in [0.05, 0.1) is 33.1 Å². The second-order valence-electron chi connectivity index (χ2n) is 9.77. The fourth-order valence-electron chi connectivity index (χ4n) is 3.83. The number of rotatable bonds is 8. The van der Waals surface area contributed by atoms with Gasteiger partial charge in [0.2, 0.25) is 0 Å². The number of nitro benzene ring substituents is 1. The molecule has 4 rings (SSSR count). The first kappa shape index (κ1) is 29.9. The van der Waals surface area contributed by atoms with Crippen LogP contribution < -0.4 is 15.0 Å². The van der Waals surface area contributed by atoms with Crippen LogP contribution in [0, 0.1) is 10.1 Å². The first-order valence-corrected chi connectivity index (χ1v) is 14.6. The minimum absolute atomic E-state index is 0.00860. The highest BCUT2D eigenvalue weighted by Crippen LogP contribution is 2.43. The third-order valence-electron chi connectivity index (χ3n) is 5.78. The Balaban J connectivity index is 1.74. The van der Waals surface area contributed by atoms with Crippen molar-refractivity contribution < 1.29 is 14.4 Å². The highest BCUT2D eigenvalue weighted by atomic mass is 79.9. The van der Waals surface area contributed by atoms with E-state index in [0.29, 0.717) is 49.3 Å². The van der Waals surface area contributed by atoms with Gasteiger partial charge in [-0.05, 0) is 80.7 Å². The van der Waals surface area contributed by atoms with Gasteiger partial charge in [-0.2, -0.15) is 9.78 Å². The van der Waals surface area contributed by atoms with Gasteiger partial charge < -0.3 is 9.47 Å². The van der Waals surface area contributed by atoms with Crippen molar-refractivity contribution in [2.24, 2.45) is 5.10 Å². The van der Waals surface area contributed by atoms with E-state index in [-0.39, 0.29) is 17.9 Å². The highest BCUT2D eigenvalue weighted by Gasteiger charge is 2.23. The van der Waals surface area contributed by atoms with Crippen LogP contribution in [0.1, 0.15) is 44.6 Å². The molecule has 0 saturated heterocycles. The number of hydrogen-bond acceptors (Lipinski definition) is 7. The monoisotopic (exact) mass is 734 g/mol. The Bertz CT molecular complexity index is 1680. The molecule has 0 spiro atoms. The Morgan fingerprint density at radius 1 is 1.05 bits per heavy atom. The van der Waals surface area contributed by atoms with Crippen LogP contribution in [0.3, 0.4) is 0 Å². The van der Waals surface area contributed by atoms with Gasteiger partial charge in [-0.1, -0.05) is 36.7 Å². The summed E-state index contributed by atoms with van der Waals surface area (Å²) in [4.78, 5) is 28.8. The molecule has 1 aromatic heterocycles. The van der Waals surface area contributed by atoms with Crippen molar-refractivity contribution in [3.8, 4) is 11.5 Å². The van der Waals surface area contributed by atoms with E-state index in [1.807, 2.05) is 39.8 Å². The van der Waals surface area contributed by atoms with Crippen LogP contribution in [0.15, 0.2) is 71.8 Å². The molecule has 0 radical (unpaired) electrons. The van der Waals surface area contributed by atoms with E-state index in [2.05, 4.69) is 52.9 Å². The summed E-state index contributed by atoms with van der Waals surface area (Å²) in [5.41, 5.74) is 1.26. The molecule has 0 aliphatic carbocycles. The van der Waals surface area contributed by atoms with Crippen LogP contribution in [-0.2, 0) is 12.0 Å². The van der Waals surface area contributed by atoms with Gasteiger partial charge in [0.1, 0.15) is 12.4 Å². The second-order valence-corrected chi connectivity index (χ2v) is 12.3. The lowest BCUT2D eigenvalue weighted by Crippen LogP contribution is -2.29. The molecule has 0 bridgehead atoms. The predicted octanol–water partition coefficient (Wildman–Crippen LogP) is 7.75. The van der Waals surface area contributed by atoms with Crippen molar-refractivity contribution in [2.45, 2.75) is 39.7 Å². The molecule has 9 nitrogen and oxygen atoms in total. The van der Waals surface area contributed by atoms with Gasteiger partial charge in [-0.25, -0.2) is 4.98 Å². The standard InChI is InChI=1S/C28H25Br3N4O5/c1-5-39-22-12-17(23(30)24(31)25(22)40-15-16-6-9-19(10-7-16)35(37)38)14-32-34-26(36)20-13-18(29)8-11-21(20)33-27(34)28(2,3)4/h6-14H,5,15H2,1-4H3. The van der Waals surface area contributed by atoms with Gasteiger partial charge in [0.25, 0.3) is 11.2 Å². The lowest BCUT2D eigenvalue weighted by molar-refractivity contribution is -0.384. The zero-order chi connectivity index (χ0) is 29.2. The number of hydrogen-bond donors (Lipinski definition) is 0. The number of nitro groups is 1. The molecule has 208 valence electrons. The molecule has 1 heterocycles. The van der Waals surface area contributed by atoms with Crippen molar-refractivity contribution in [1.29, 1.82) is 0 Å². The molecule has 40 heavy (non-hydrogen) atoms. The Labute approximate surface area is 255 Å². The maximum absolute atomic E-state index is 13.5. The molecule has 4 aromatic rings. The summed E-state index contributed by atoms with van der Waals surface area (Å²) in [6, 6.07) is 13.3. The maximum Gasteiger partial charge on any atom is 0.282 e. The van der Waals surface area contributed by atoms with E-state index in [1.54, 1.807) is 30.5 Å². The summed E-state index contributed by atoms with van der Waals surface area (Å²) in [6.07, 6.45) is 1.57. The van der Waals surface area contributed by atoms with Crippen molar-refractivity contribution in [1.82, 2.24) is 9.66 Å². The molecule has 0 amide bonds. The minimum atomic E-state index is -0.457. The van der Waals surface area contributed by atoms with Crippen molar-refractivity contribution in [3.05, 3.63) is 99.4 Å². The number of benzene rings is 3. The van der Waals surface area contributed by atoms with Gasteiger partial charge >= 0.3 is 0 Å². The summed E-state index contributed by atoms with van der Waals surface area (Å²) in [5, 5.41) is 16.0. The summed E-state index contributed by atoms with van der Waals surface area (Å²) in [6.45, 7) is 8.33. The molecule has 3 aromatic carbocycles. The summed E-state index contributed by atoms with van der Waals surface area (Å²) in [7, 11) is 0. The lowest BCUT2D eigenvalue weighted by Gasteiger charge is -2.21. The molecular formula is C28H25Br3N4O5. The van der Waals surface area contributed by atoms with Crippen LogP contribution in [0.5, 0.6) is 11.5 Å². The van der Waals surface area contributed by atoms with Crippen LogP contribution >= 0.6 is 47.8 Å². The molecule has 12 heteroatoms. The maximum atomic E-state index is 13.5. The van der Waals surface area contributed by atoms with Crippen LogP contribution in [0.4, 0.5) is 5.69 Å². The fourth-order valence-corrected chi connectivity index (χ4v) is 5.12. The van der Waals surface area contributed by atoms with Crippen LogP contribution in [0.2, 0.25) is 0 Å². The number of ether oxygens (including phenoxy) is 2. The molecule has 0 aliphatic heterocycles. The highest BCUT2D eigenvalue weighted by molar-refractivity contribution is 9.13. The van der Waals surface area contributed by atoms with Gasteiger partial charge in [0, 0.05) is 32.1 Å². The van der Waals surface area contributed by atoms with E-state index in [9.17, 15) is 14.9 Å². The van der Waals surface area contributed by atoms with E-state index in [0.717, 1.165) is 10.0 Å².